The van der Waals surface area contributed by atoms with Gasteiger partial charge < -0.3 is 9.54 Å². The lowest BCUT2D eigenvalue weighted by Gasteiger charge is -2.13. The van der Waals surface area contributed by atoms with Crippen molar-refractivity contribution >= 4 is 22.2 Å². The van der Waals surface area contributed by atoms with Gasteiger partial charge in [-0.3, -0.25) is 0 Å². The van der Waals surface area contributed by atoms with E-state index in [4.69, 9.17) is 0 Å². The smallest absolute Gasteiger partial charge is 0.152 e. The van der Waals surface area contributed by atoms with Gasteiger partial charge in [-0.05, 0) is 49.3 Å². The topological polar surface area (TPSA) is 77.5 Å². The van der Waals surface area contributed by atoms with Gasteiger partial charge in [0, 0.05) is 5.56 Å². The third-order valence-electron chi connectivity index (χ3n) is 2.98. The molecule has 0 aliphatic carbocycles. The standard InChI is InChI=1S/C14H14N4OS/c1-9(2)20(19)11-5-3-10(4-6-11)14-17-12-7-15-16-8-13(12)18-14/h3-9H,1-2H3,(H,17,18). The monoisotopic (exact) mass is 286 g/mol. The Bertz CT molecular complexity index is 690. The van der Waals surface area contributed by atoms with Gasteiger partial charge in [-0.2, -0.15) is 10.2 Å². The van der Waals surface area contributed by atoms with Gasteiger partial charge in [0.15, 0.2) is 4.90 Å². The Labute approximate surface area is 119 Å². The predicted molar refractivity (Wildman–Crippen MR) is 78.7 cm³/mol. The van der Waals surface area contributed by atoms with Gasteiger partial charge in [0.25, 0.3) is 0 Å². The number of aromatic amines is 1. The minimum absolute atomic E-state index is 0.115. The van der Waals surface area contributed by atoms with Crippen molar-refractivity contribution in [2.24, 2.45) is 0 Å². The number of nitrogens with zero attached hydrogens (tertiary/aromatic N) is 3. The van der Waals surface area contributed by atoms with Crippen LogP contribution in [0.3, 0.4) is 0 Å². The highest BCUT2D eigenvalue weighted by Gasteiger charge is 2.15. The number of nitrogens with one attached hydrogen (secondary N) is 1. The number of hydrogen-bond donors (Lipinski definition) is 1. The van der Waals surface area contributed by atoms with Gasteiger partial charge in [0.1, 0.15) is 16.6 Å². The molecule has 0 bridgehead atoms. The van der Waals surface area contributed by atoms with Crippen LogP contribution >= 0.6 is 0 Å². The maximum absolute atomic E-state index is 12.0. The van der Waals surface area contributed by atoms with Crippen molar-refractivity contribution in [2.45, 2.75) is 24.0 Å². The number of aromatic nitrogens is 4. The number of hydrogen-bond acceptors (Lipinski definition) is 4. The minimum atomic E-state index is -0.965. The van der Waals surface area contributed by atoms with Gasteiger partial charge in [-0.15, -0.1) is 0 Å². The second kappa shape index (κ2) is 5.22. The van der Waals surface area contributed by atoms with Crippen molar-refractivity contribution in [2.75, 3.05) is 0 Å². The lowest BCUT2D eigenvalue weighted by Crippen LogP contribution is -2.13. The van der Waals surface area contributed by atoms with Crippen molar-refractivity contribution in [3.63, 3.8) is 0 Å². The first-order valence-corrected chi connectivity index (χ1v) is 7.54. The predicted octanol–water partition coefficient (Wildman–Crippen LogP) is 2.54. The second-order valence-corrected chi connectivity index (χ2v) is 6.75. The van der Waals surface area contributed by atoms with Crippen LogP contribution < -0.4 is 0 Å². The lowest BCUT2D eigenvalue weighted by molar-refractivity contribution is 0.586. The normalized spacial score (nSPS) is 13.0. The van der Waals surface area contributed by atoms with Crippen molar-refractivity contribution < 1.29 is 4.55 Å². The van der Waals surface area contributed by atoms with Crippen LogP contribution in [0, 0.1) is 0 Å². The van der Waals surface area contributed by atoms with E-state index in [0.717, 1.165) is 27.3 Å². The highest BCUT2D eigenvalue weighted by atomic mass is 32.2. The summed E-state index contributed by atoms with van der Waals surface area (Å²) >= 11 is -0.965. The van der Waals surface area contributed by atoms with Gasteiger partial charge in [-0.25, -0.2) is 4.98 Å². The Morgan fingerprint density at radius 2 is 1.80 bits per heavy atom. The molecule has 1 aromatic carbocycles. The minimum Gasteiger partial charge on any atom is -0.611 e. The molecule has 0 amide bonds. The molecule has 0 aliphatic rings. The summed E-state index contributed by atoms with van der Waals surface area (Å²) in [6, 6.07) is 7.62. The highest BCUT2D eigenvalue weighted by Crippen LogP contribution is 2.22. The van der Waals surface area contributed by atoms with E-state index in [-0.39, 0.29) is 5.25 Å². The summed E-state index contributed by atoms with van der Waals surface area (Å²) in [5.41, 5.74) is 2.58. The van der Waals surface area contributed by atoms with Crippen LogP contribution in [0.25, 0.3) is 22.4 Å². The van der Waals surface area contributed by atoms with Crippen molar-refractivity contribution in [3.8, 4) is 11.4 Å². The molecule has 6 heteroatoms. The third-order valence-corrected chi connectivity index (χ3v) is 4.58. The molecule has 0 aliphatic heterocycles. The molecule has 2 aromatic heterocycles. The molecular formula is C14H14N4OS. The molecule has 1 unspecified atom stereocenters. The summed E-state index contributed by atoms with van der Waals surface area (Å²) in [5.74, 6) is 0.761. The Morgan fingerprint density at radius 3 is 2.45 bits per heavy atom. The Hall–Kier alpha value is -1.92. The largest absolute Gasteiger partial charge is 0.611 e. The van der Waals surface area contributed by atoms with Gasteiger partial charge >= 0.3 is 0 Å². The number of H-pyrrole nitrogens is 1. The average molecular weight is 286 g/mol. The summed E-state index contributed by atoms with van der Waals surface area (Å²) in [6.45, 7) is 3.90. The van der Waals surface area contributed by atoms with E-state index in [9.17, 15) is 4.55 Å². The van der Waals surface area contributed by atoms with E-state index in [0.29, 0.717) is 0 Å². The molecule has 2 heterocycles. The Morgan fingerprint density at radius 1 is 1.10 bits per heavy atom. The van der Waals surface area contributed by atoms with Gasteiger partial charge in [0.2, 0.25) is 0 Å². The zero-order valence-corrected chi connectivity index (χ0v) is 12.0. The zero-order chi connectivity index (χ0) is 14.1. The zero-order valence-electron chi connectivity index (χ0n) is 11.2. The quantitative estimate of drug-likeness (QED) is 0.750. The van der Waals surface area contributed by atoms with Crippen LogP contribution in [0.15, 0.2) is 41.6 Å². The van der Waals surface area contributed by atoms with Crippen LogP contribution in [0.4, 0.5) is 0 Å². The first-order valence-electron chi connectivity index (χ1n) is 6.32. The molecule has 20 heavy (non-hydrogen) atoms. The maximum Gasteiger partial charge on any atom is 0.152 e. The molecule has 1 atom stereocenters. The maximum atomic E-state index is 12.0. The van der Waals surface area contributed by atoms with E-state index in [2.05, 4.69) is 20.2 Å². The summed E-state index contributed by atoms with van der Waals surface area (Å²) in [7, 11) is 0. The molecule has 3 aromatic rings. The van der Waals surface area contributed by atoms with Crippen LogP contribution in [-0.4, -0.2) is 30.0 Å². The van der Waals surface area contributed by atoms with Gasteiger partial charge in [0.05, 0.1) is 17.9 Å². The lowest BCUT2D eigenvalue weighted by atomic mass is 10.2. The fourth-order valence-electron chi connectivity index (χ4n) is 1.93. The number of fused-ring (bicyclic) bond motifs is 1. The first-order chi connectivity index (χ1) is 9.65. The number of rotatable bonds is 3. The molecular weight excluding hydrogens is 272 g/mol. The van der Waals surface area contributed by atoms with Crippen molar-refractivity contribution in [1.29, 1.82) is 0 Å². The van der Waals surface area contributed by atoms with Crippen LogP contribution in [0.5, 0.6) is 0 Å². The van der Waals surface area contributed by atoms with E-state index in [1.54, 1.807) is 12.4 Å². The van der Waals surface area contributed by atoms with E-state index < -0.39 is 11.2 Å². The Balaban J connectivity index is 1.94. The third kappa shape index (κ3) is 2.39. The first kappa shape index (κ1) is 13.1. The summed E-state index contributed by atoms with van der Waals surface area (Å²) in [5, 5.41) is 7.73. The number of benzene rings is 1. The molecule has 5 nitrogen and oxygen atoms in total. The molecule has 0 spiro atoms. The van der Waals surface area contributed by atoms with E-state index in [1.807, 2.05) is 38.1 Å². The molecule has 3 rings (SSSR count). The Kier molecular flexibility index (Phi) is 3.42. The molecule has 102 valence electrons. The molecule has 0 saturated carbocycles. The van der Waals surface area contributed by atoms with E-state index in [1.165, 1.54) is 0 Å². The fourth-order valence-corrected chi connectivity index (χ4v) is 2.88. The SMILES string of the molecule is CC(C)[S+]([O-])c1ccc(-c2nc3cnncc3[nH]2)cc1. The van der Waals surface area contributed by atoms with Crippen molar-refractivity contribution in [1.82, 2.24) is 20.2 Å². The van der Waals surface area contributed by atoms with Gasteiger partial charge in [-0.1, -0.05) is 0 Å². The average Bonchev–Trinajstić information content (AvgIpc) is 2.90. The number of imidazole rings is 1. The molecule has 0 fully saturated rings. The highest BCUT2D eigenvalue weighted by molar-refractivity contribution is 7.92. The molecule has 0 saturated heterocycles. The molecule has 0 radical (unpaired) electrons. The summed E-state index contributed by atoms with van der Waals surface area (Å²) in [4.78, 5) is 8.49. The molecule has 1 N–H and O–H groups in total. The second-order valence-electron chi connectivity index (χ2n) is 4.74. The van der Waals surface area contributed by atoms with Crippen LogP contribution in [0.1, 0.15) is 13.8 Å². The van der Waals surface area contributed by atoms with E-state index >= 15 is 0 Å². The summed E-state index contributed by atoms with van der Waals surface area (Å²) in [6.07, 6.45) is 3.27. The summed E-state index contributed by atoms with van der Waals surface area (Å²) < 4.78 is 12.0. The van der Waals surface area contributed by atoms with Crippen LogP contribution in [-0.2, 0) is 11.2 Å². The van der Waals surface area contributed by atoms with Crippen molar-refractivity contribution in [3.05, 3.63) is 36.7 Å². The van der Waals surface area contributed by atoms with Crippen LogP contribution in [0.2, 0.25) is 0 Å². The fraction of sp³-hybridized carbons (Fsp3) is 0.214.